The van der Waals surface area contributed by atoms with Gasteiger partial charge in [0, 0.05) is 5.56 Å². The Morgan fingerprint density at radius 3 is 2.33 bits per heavy atom. The summed E-state index contributed by atoms with van der Waals surface area (Å²) in [6, 6.07) is 7.36. The number of carboxylic acids is 1. The van der Waals surface area contributed by atoms with Gasteiger partial charge in [-0.2, -0.15) is 0 Å². The first-order valence-electron chi connectivity index (χ1n) is 7.78. The number of hydrogen-bond donors (Lipinski definition) is 2. The van der Waals surface area contributed by atoms with Crippen molar-refractivity contribution in [3.8, 4) is 17.1 Å². The number of benzene rings is 1. The van der Waals surface area contributed by atoms with Crippen molar-refractivity contribution >= 4 is 11.8 Å². The van der Waals surface area contributed by atoms with Crippen LogP contribution in [0, 0.1) is 12.3 Å². The molecule has 2 rings (SSSR count). The predicted molar refractivity (Wildman–Crippen MR) is 93.1 cm³/mol. The van der Waals surface area contributed by atoms with Crippen LogP contribution in [0.1, 0.15) is 43.2 Å². The summed E-state index contributed by atoms with van der Waals surface area (Å²) in [6.07, 6.45) is 0.963. The van der Waals surface area contributed by atoms with Gasteiger partial charge < -0.3 is 15.6 Å². The van der Waals surface area contributed by atoms with Crippen molar-refractivity contribution in [1.29, 1.82) is 0 Å². The largest absolute Gasteiger partial charge is 0.494 e. The van der Waals surface area contributed by atoms with Gasteiger partial charge in [0.15, 0.2) is 5.82 Å². The lowest BCUT2D eigenvalue weighted by Crippen LogP contribution is -2.11. The minimum atomic E-state index is -1.13. The maximum atomic E-state index is 11.1. The van der Waals surface area contributed by atoms with Crippen molar-refractivity contribution in [2.24, 2.45) is 5.41 Å². The fourth-order valence-corrected chi connectivity index (χ4v) is 2.16. The van der Waals surface area contributed by atoms with Crippen LogP contribution in [-0.2, 0) is 0 Å². The summed E-state index contributed by atoms with van der Waals surface area (Å²) in [4.78, 5) is 19.5. The van der Waals surface area contributed by atoms with E-state index in [0.29, 0.717) is 18.1 Å². The maximum Gasteiger partial charge on any atom is 0.341 e. The summed E-state index contributed by atoms with van der Waals surface area (Å²) < 4.78 is 5.73. The maximum absolute atomic E-state index is 11.1. The highest BCUT2D eigenvalue weighted by molar-refractivity contribution is 5.94. The van der Waals surface area contributed by atoms with Crippen LogP contribution in [0.3, 0.4) is 0 Å². The van der Waals surface area contributed by atoms with E-state index >= 15 is 0 Å². The number of carbonyl (C=O) groups is 1. The molecule has 0 radical (unpaired) electrons. The van der Waals surface area contributed by atoms with Gasteiger partial charge in [-0.1, -0.05) is 20.8 Å². The van der Waals surface area contributed by atoms with Gasteiger partial charge >= 0.3 is 5.97 Å². The Kier molecular flexibility index (Phi) is 5.07. The fraction of sp³-hybridized carbons (Fsp3) is 0.389. The third-order valence-corrected chi connectivity index (χ3v) is 3.57. The molecule has 2 aromatic rings. The van der Waals surface area contributed by atoms with Crippen LogP contribution in [0.5, 0.6) is 5.75 Å². The second kappa shape index (κ2) is 6.86. The quantitative estimate of drug-likeness (QED) is 0.870. The molecule has 1 aromatic carbocycles. The Balaban J connectivity index is 2.15. The van der Waals surface area contributed by atoms with Crippen molar-refractivity contribution in [3.05, 3.63) is 35.5 Å². The zero-order chi connectivity index (χ0) is 17.9. The second-order valence-electron chi connectivity index (χ2n) is 6.88. The Hall–Kier alpha value is -2.63. The van der Waals surface area contributed by atoms with Crippen LogP contribution in [0.15, 0.2) is 24.3 Å². The van der Waals surface area contributed by atoms with Crippen LogP contribution in [-0.4, -0.2) is 27.7 Å². The molecule has 0 saturated heterocycles. The Bertz CT molecular complexity index is 711. The van der Waals surface area contributed by atoms with Crippen LogP contribution < -0.4 is 10.5 Å². The van der Waals surface area contributed by atoms with Gasteiger partial charge in [-0.15, -0.1) is 0 Å². The smallest absolute Gasteiger partial charge is 0.341 e. The van der Waals surface area contributed by atoms with E-state index in [1.807, 2.05) is 24.3 Å². The van der Waals surface area contributed by atoms with Crippen molar-refractivity contribution in [3.63, 3.8) is 0 Å². The molecule has 3 N–H and O–H groups in total. The topological polar surface area (TPSA) is 98.3 Å². The minimum Gasteiger partial charge on any atom is -0.494 e. The average molecular weight is 329 g/mol. The number of anilines is 1. The first-order chi connectivity index (χ1) is 11.2. The average Bonchev–Trinajstić information content (AvgIpc) is 2.45. The standard InChI is InChI=1S/C18H23N3O3/c1-11-14(17(22)23)15(19)21-16(20-11)12-5-7-13(8-6-12)24-10-9-18(2,3)4/h5-8H,9-10H2,1-4H3,(H,22,23)(H2,19,20,21). The first-order valence-corrected chi connectivity index (χ1v) is 7.78. The third kappa shape index (κ3) is 4.44. The van der Waals surface area contributed by atoms with E-state index in [4.69, 9.17) is 15.6 Å². The number of hydrogen-bond acceptors (Lipinski definition) is 5. The number of nitrogens with two attached hydrogens (primary N) is 1. The van der Waals surface area contributed by atoms with Crippen LogP contribution >= 0.6 is 0 Å². The van der Waals surface area contributed by atoms with E-state index in [9.17, 15) is 4.79 Å². The van der Waals surface area contributed by atoms with Gasteiger partial charge in [0.05, 0.1) is 12.3 Å². The normalized spacial score (nSPS) is 11.3. The minimum absolute atomic E-state index is 0.0319. The molecular weight excluding hydrogens is 306 g/mol. The van der Waals surface area contributed by atoms with Gasteiger partial charge in [0.2, 0.25) is 0 Å². The number of nitrogen functional groups attached to an aromatic ring is 1. The molecule has 6 heteroatoms. The fourth-order valence-electron chi connectivity index (χ4n) is 2.16. The number of rotatable bonds is 5. The summed E-state index contributed by atoms with van der Waals surface area (Å²) in [7, 11) is 0. The number of ether oxygens (including phenoxy) is 1. The molecule has 6 nitrogen and oxygen atoms in total. The second-order valence-corrected chi connectivity index (χ2v) is 6.88. The molecule has 1 heterocycles. The van der Waals surface area contributed by atoms with Gasteiger partial charge in [0.1, 0.15) is 17.1 Å². The predicted octanol–water partition coefficient (Wildman–Crippen LogP) is 3.55. The van der Waals surface area contributed by atoms with Crippen LogP contribution in [0.25, 0.3) is 11.4 Å². The summed E-state index contributed by atoms with van der Waals surface area (Å²) in [5, 5.41) is 9.11. The monoisotopic (exact) mass is 329 g/mol. The van der Waals surface area contributed by atoms with Gasteiger partial charge in [0.25, 0.3) is 0 Å². The lowest BCUT2D eigenvalue weighted by molar-refractivity contribution is 0.0696. The van der Waals surface area contributed by atoms with Crippen LogP contribution in [0.4, 0.5) is 5.82 Å². The van der Waals surface area contributed by atoms with E-state index in [-0.39, 0.29) is 16.8 Å². The molecule has 0 fully saturated rings. The molecule has 0 aliphatic heterocycles. The molecule has 0 unspecified atom stereocenters. The Morgan fingerprint density at radius 2 is 1.83 bits per heavy atom. The lowest BCUT2D eigenvalue weighted by atomic mass is 9.93. The highest BCUT2D eigenvalue weighted by Gasteiger charge is 2.16. The molecule has 24 heavy (non-hydrogen) atoms. The van der Waals surface area contributed by atoms with E-state index in [0.717, 1.165) is 17.7 Å². The first kappa shape index (κ1) is 17.7. The zero-order valence-corrected chi connectivity index (χ0v) is 14.5. The van der Waals surface area contributed by atoms with Crippen molar-refractivity contribution in [2.45, 2.75) is 34.1 Å². The highest BCUT2D eigenvalue weighted by Crippen LogP contribution is 2.24. The summed E-state index contributed by atoms with van der Waals surface area (Å²) in [5.41, 5.74) is 7.01. The SMILES string of the molecule is Cc1nc(-c2ccc(OCCC(C)(C)C)cc2)nc(N)c1C(=O)O. The van der Waals surface area contributed by atoms with Gasteiger partial charge in [-0.3, -0.25) is 0 Å². The van der Waals surface area contributed by atoms with Crippen LogP contribution in [0.2, 0.25) is 0 Å². The third-order valence-electron chi connectivity index (χ3n) is 3.57. The lowest BCUT2D eigenvalue weighted by Gasteiger charge is -2.18. The molecule has 128 valence electrons. The Morgan fingerprint density at radius 1 is 1.21 bits per heavy atom. The summed E-state index contributed by atoms with van der Waals surface area (Å²) >= 11 is 0. The molecule has 0 saturated carbocycles. The molecule has 0 spiro atoms. The molecule has 0 bridgehead atoms. The van der Waals surface area contributed by atoms with E-state index in [1.165, 1.54) is 0 Å². The number of aryl methyl sites for hydroxylation is 1. The van der Waals surface area contributed by atoms with Gasteiger partial charge in [-0.25, -0.2) is 14.8 Å². The van der Waals surface area contributed by atoms with Crippen molar-refractivity contribution in [2.75, 3.05) is 12.3 Å². The van der Waals surface area contributed by atoms with E-state index < -0.39 is 5.97 Å². The van der Waals surface area contributed by atoms with E-state index in [1.54, 1.807) is 6.92 Å². The molecule has 1 aromatic heterocycles. The van der Waals surface area contributed by atoms with Crippen molar-refractivity contribution < 1.29 is 14.6 Å². The van der Waals surface area contributed by atoms with E-state index in [2.05, 4.69) is 30.7 Å². The molecular formula is C18H23N3O3. The number of nitrogens with zero attached hydrogens (tertiary/aromatic N) is 2. The van der Waals surface area contributed by atoms with Crippen molar-refractivity contribution in [1.82, 2.24) is 9.97 Å². The Labute approximate surface area is 141 Å². The molecule has 0 amide bonds. The molecule has 0 aliphatic carbocycles. The molecule has 0 atom stereocenters. The number of aromatic carboxylic acids is 1. The summed E-state index contributed by atoms with van der Waals surface area (Å²) in [6.45, 7) is 8.77. The number of aromatic nitrogens is 2. The zero-order valence-electron chi connectivity index (χ0n) is 14.5. The molecule has 0 aliphatic rings. The van der Waals surface area contributed by atoms with Gasteiger partial charge in [-0.05, 0) is 43.0 Å². The number of carboxylic acid groups (broad SMARTS) is 1. The summed E-state index contributed by atoms with van der Waals surface area (Å²) in [5.74, 6) is 0.0146. The highest BCUT2D eigenvalue weighted by atomic mass is 16.5.